The molecule has 2 aromatic carbocycles. The van der Waals surface area contributed by atoms with Crippen molar-refractivity contribution in [1.82, 2.24) is 4.98 Å². The molecule has 5 nitrogen and oxygen atoms in total. The van der Waals surface area contributed by atoms with Crippen LogP contribution < -0.4 is 4.74 Å². The van der Waals surface area contributed by atoms with Gasteiger partial charge >= 0.3 is 5.97 Å². The van der Waals surface area contributed by atoms with Crippen molar-refractivity contribution in [2.45, 2.75) is 0 Å². The number of hydrogen-bond acceptors (Lipinski definition) is 4. The maximum Gasteiger partial charge on any atom is 0.335 e. The molecule has 0 bridgehead atoms. The summed E-state index contributed by atoms with van der Waals surface area (Å²) in [7, 11) is 1.60. The van der Waals surface area contributed by atoms with E-state index in [9.17, 15) is 4.79 Å². The fourth-order valence-electron chi connectivity index (χ4n) is 2.14. The standard InChI is InChI=1S/C17H13NO4/c1-21-14-5-3-2-4-13(14)15-10-18-16(22-15)11-6-8-12(9-7-11)17(19)20/h2-10H,1H3,(H,19,20). The number of carboxylic acids is 1. The summed E-state index contributed by atoms with van der Waals surface area (Å²) in [5.74, 6) is 0.757. The topological polar surface area (TPSA) is 72.6 Å². The summed E-state index contributed by atoms with van der Waals surface area (Å²) < 4.78 is 11.1. The summed E-state index contributed by atoms with van der Waals surface area (Å²) in [6.07, 6.45) is 1.62. The third kappa shape index (κ3) is 2.56. The van der Waals surface area contributed by atoms with Crippen molar-refractivity contribution in [3.05, 3.63) is 60.3 Å². The molecule has 1 N–H and O–H groups in total. The molecule has 1 heterocycles. The van der Waals surface area contributed by atoms with E-state index in [0.717, 1.165) is 5.56 Å². The predicted molar refractivity (Wildman–Crippen MR) is 80.9 cm³/mol. The van der Waals surface area contributed by atoms with Gasteiger partial charge < -0.3 is 14.3 Å². The van der Waals surface area contributed by atoms with Crippen LogP contribution in [0.5, 0.6) is 5.75 Å². The van der Waals surface area contributed by atoms with E-state index in [-0.39, 0.29) is 5.56 Å². The molecule has 22 heavy (non-hydrogen) atoms. The molecule has 5 heteroatoms. The zero-order valence-corrected chi connectivity index (χ0v) is 11.8. The zero-order valence-electron chi connectivity index (χ0n) is 11.8. The van der Waals surface area contributed by atoms with Crippen LogP contribution in [0, 0.1) is 0 Å². The normalized spacial score (nSPS) is 10.4. The van der Waals surface area contributed by atoms with E-state index in [2.05, 4.69) is 4.98 Å². The lowest BCUT2D eigenvalue weighted by atomic mass is 10.1. The molecule has 0 unspecified atom stereocenters. The summed E-state index contributed by atoms with van der Waals surface area (Å²) in [4.78, 5) is 15.1. The predicted octanol–water partition coefficient (Wildman–Crippen LogP) is 3.72. The van der Waals surface area contributed by atoms with Crippen LogP contribution in [0.2, 0.25) is 0 Å². The molecule has 0 aliphatic heterocycles. The lowest BCUT2D eigenvalue weighted by Crippen LogP contribution is -1.94. The molecule has 0 saturated heterocycles. The molecule has 0 amide bonds. The fourth-order valence-corrected chi connectivity index (χ4v) is 2.14. The molecule has 3 aromatic rings. The van der Waals surface area contributed by atoms with Gasteiger partial charge in [0.05, 0.1) is 24.4 Å². The fraction of sp³-hybridized carbons (Fsp3) is 0.0588. The quantitative estimate of drug-likeness (QED) is 0.794. The highest BCUT2D eigenvalue weighted by molar-refractivity contribution is 5.88. The molecule has 0 fully saturated rings. The van der Waals surface area contributed by atoms with Crippen LogP contribution in [0.25, 0.3) is 22.8 Å². The van der Waals surface area contributed by atoms with Gasteiger partial charge in [0, 0.05) is 5.56 Å². The lowest BCUT2D eigenvalue weighted by Gasteiger charge is -2.04. The molecule has 0 aliphatic carbocycles. The van der Waals surface area contributed by atoms with Crippen LogP contribution in [0.15, 0.2) is 59.1 Å². The van der Waals surface area contributed by atoms with Gasteiger partial charge in [-0.3, -0.25) is 0 Å². The van der Waals surface area contributed by atoms with Gasteiger partial charge in [0.15, 0.2) is 5.76 Å². The van der Waals surface area contributed by atoms with E-state index < -0.39 is 5.97 Å². The number of aromatic carboxylic acids is 1. The number of methoxy groups -OCH3 is 1. The van der Waals surface area contributed by atoms with Gasteiger partial charge in [-0.25, -0.2) is 9.78 Å². The van der Waals surface area contributed by atoms with Crippen molar-refractivity contribution in [1.29, 1.82) is 0 Å². The molecule has 110 valence electrons. The molecule has 0 saturated carbocycles. The maximum absolute atomic E-state index is 10.9. The minimum Gasteiger partial charge on any atom is -0.496 e. The molecule has 0 aliphatic rings. The van der Waals surface area contributed by atoms with Crippen molar-refractivity contribution in [2.75, 3.05) is 7.11 Å². The zero-order chi connectivity index (χ0) is 15.5. The highest BCUT2D eigenvalue weighted by atomic mass is 16.5. The Labute approximate surface area is 126 Å². The van der Waals surface area contributed by atoms with Crippen molar-refractivity contribution in [3.63, 3.8) is 0 Å². The van der Waals surface area contributed by atoms with E-state index in [1.54, 1.807) is 25.4 Å². The maximum atomic E-state index is 10.9. The Morgan fingerprint density at radius 2 is 1.86 bits per heavy atom. The number of hydrogen-bond donors (Lipinski definition) is 1. The van der Waals surface area contributed by atoms with Crippen molar-refractivity contribution >= 4 is 5.97 Å². The van der Waals surface area contributed by atoms with E-state index in [0.29, 0.717) is 23.0 Å². The van der Waals surface area contributed by atoms with Gasteiger partial charge in [0.1, 0.15) is 5.75 Å². The number of carbonyl (C=O) groups is 1. The van der Waals surface area contributed by atoms with Gasteiger partial charge in [-0.1, -0.05) is 12.1 Å². The Bertz CT molecular complexity index is 806. The van der Waals surface area contributed by atoms with Crippen LogP contribution in [-0.4, -0.2) is 23.2 Å². The third-order valence-electron chi connectivity index (χ3n) is 3.26. The van der Waals surface area contributed by atoms with E-state index in [1.807, 2.05) is 24.3 Å². The smallest absolute Gasteiger partial charge is 0.335 e. The first-order chi connectivity index (χ1) is 10.7. The first kappa shape index (κ1) is 13.9. The average molecular weight is 295 g/mol. The van der Waals surface area contributed by atoms with Gasteiger partial charge in [-0.05, 0) is 36.4 Å². The second-order valence-corrected chi connectivity index (χ2v) is 4.61. The van der Waals surface area contributed by atoms with Crippen LogP contribution in [0.1, 0.15) is 10.4 Å². The van der Waals surface area contributed by atoms with Gasteiger partial charge in [0.25, 0.3) is 0 Å². The van der Waals surface area contributed by atoms with Gasteiger partial charge in [-0.2, -0.15) is 0 Å². The second kappa shape index (κ2) is 5.73. The van der Waals surface area contributed by atoms with Crippen LogP contribution in [0.3, 0.4) is 0 Å². The van der Waals surface area contributed by atoms with Gasteiger partial charge in [0.2, 0.25) is 5.89 Å². The monoisotopic (exact) mass is 295 g/mol. The molecular weight excluding hydrogens is 282 g/mol. The Hall–Kier alpha value is -3.08. The Morgan fingerprint density at radius 3 is 2.55 bits per heavy atom. The number of para-hydroxylation sites is 1. The second-order valence-electron chi connectivity index (χ2n) is 4.61. The number of ether oxygens (including phenoxy) is 1. The SMILES string of the molecule is COc1ccccc1-c1cnc(-c2ccc(C(=O)O)cc2)o1. The van der Waals surface area contributed by atoms with Crippen LogP contribution in [-0.2, 0) is 0 Å². The number of oxazole rings is 1. The minimum absolute atomic E-state index is 0.222. The van der Waals surface area contributed by atoms with Gasteiger partial charge in [-0.15, -0.1) is 0 Å². The molecule has 1 aromatic heterocycles. The summed E-state index contributed by atoms with van der Waals surface area (Å²) in [6, 6.07) is 13.9. The van der Waals surface area contributed by atoms with Crippen molar-refractivity contribution in [2.24, 2.45) is 0 Å². The number of aromatic nitrogens is 1. The first-order valence-corrected chi connectivity index (χ1v) is 6.62. The molecule has 0 atom stereocenters. The summed E-state index contributed by atoms with van der Waals surface area (Å²) in [5, 5.41) is 8.90. The van der Waals surface area contributed by atoms with Crippen LogP contribution >= 0.6 is 0 Å². The highest BCUT2D eigenvalue weighted by Crippen LogP contribution is 2.32. The largest absolute Gasteiger partial charge is 0.496 e. The highest BCUT2D eigenvalue weighted by Gasteiger charge is 2.12. The Kier molecular flexibility index (Phi) is 3.62. The molecule has 0 spiro atoms. The van der Waals surface area contributed by atoms with E-state index >= 15 is 0 Å². The van der Waals surface area contributed by atoms with Crippen LogP contribution in [0.4, 0.5) is 0 Å². The number of nitrogens with zero attached hydrogens (tertiary/aromatic N) is 1. The summed E-state index contributed by atoms with van der Waals surface area (Å²) in [6.45, 7) is 0. The first-order valence-electron chi connectivity index (χ1n) is 6.62. The number of benzene rings is 2. The number of carboxylic acid groups (broad SMARTS) is 1. The molecular formula is C17H13NO4. The number of rotatable bonds is 4. The Morgan fingerprint density at radius 1 is 1.14 bits per heavy atom. The summed E-state index contributed by atoms with van der Waals surface area (Å²) >= 11 is 0. The minimum atomic E-state index is -0.964. The average Bonchev–Trinajstić information content (AvgIpc) is 3.04. The third-order valence-corrected chi connectivity index (χ3v) is 3.26. The van der Waals surface area contributed by atoms with Crippen molar-refractivity contribution < 1.29 is 19.1 Å². The van der Waals surface area contributed by atoms with E-state index in [4.69, 9.17) is 14.3 Å². The molecule has 0 radical (unpaired) electrons. The Balaban J connectivity index is 1.95. The molecule has 3 rings (SSSR count). The summed E-state index contributed by atoms with van der Waals surface area (Å²) in [5.41, 5.74) is 1.75. The van der Waals surface area contributed by atoms with E-state index in [1.165, 1.54) is 12.1 Å². The lowest BCUT2D eigenvalue weighted by molar-refractivity contribution is 0.0697. The van der Waals surface area contributed by atoms with Crippen molar-refractivity contribution in [3.8, 4) is 28.5 Å².